The van der Waals surface area contributed by atoms with Crippen molar-refractivity contribution in [1.82, 2.24) is 0 Å². The summed E-state index contributed by atoms with van der Waals surface area (Å²) in [6.07, 6.45) is 8.86. The zero-order valence-corrected chi connectivity index (χ0v) is 15.5. The number of carbonyl (C=O) groups is 1. The summed E-state index contributed by atoms with van der Waals surface area (Å²) in [6.45, 7) is 0.263. The molecule has 0 bridgehead atoms. The molecule has 1 aliphatic rings. The Morgan fingerprint density at radius 2 is 1.85 bits per heavy atom. The largest absolute Gasteiger partial charge is 0.482 e. The topological polar surface area (TPSA) is 65.7 Å². The summed E-state index contributed by atoms with van der Waals surface area (Å²) in [5, 5.41) is 0. The van der Waals surface area contributed by atoms with Gasteiger partial charge in [-0.15, -0.1) is 0 Å². The Morgan fingerprint density at radius 3 is 2.59 bits per heavy atom. The van der Waals surface area contributed by atoms with Gasteiger partial charge in [-0.05, 0) is 17.9 Å². The van der Waals surface area contributed by atoms with Crippen molar-refractivity contribution >= 4 is 5.97 Å². The minimum atomic E-state index is -0.287. The van der Waals surface area contributed by atoms with E-state index in [2.05, 4.69) is 0 Å². The highest BCUT2D eigenvalue weighted by Crippen LogP contribution is 2.27. The average molecular weight is 370 g/mol. The van der Waals surface area contributed by atoms with E-state index in [0.717, 1.165) is 12.0 Å². The maximum absolute atomic E-state index is 12.1. The van der Waals surface area contributed by atoms with Crippen LogP contribution in [-0.2, 0) is 22.7 Å². The highest BCUT2D eigenvalue weighted by molar-refractivity contribution is 5.69. The summed E-state index contributed by atoms with van der Waals surface area (Å²) in [4.78, 5) is 24.0. The Morgan fingerprint density at radius 1 is 1.07 bits per heavy atom. The highest BCUT2D eigenvalue weighted by Gasteiger charge is 2.15. The highest BCUT2D eigenvalue weighted by atomic mass is 16.5. The second-order valence-electron chi connectivity index (χ2n) is 7.05. The minimum absolute atomic E-state index is 0.0301. The Kier molecular flexibility index (Phi) is 7.08. The summed E-state index contributed by atoms with van der Waals surface area (Å²) < 4.78 is 16.1. The number of carbonyl (C=O) groups excluding carboxylic acids is 1. The van der Waals surface area contributed by atoms with Crippen LogP contribution in [0.1, 0.15) is 56.3 Å². The molecule has 0 atom stereocenters. The molecule has 5 heteroatoms. The van der Waals surface area contributed by atoms with Crippen LogP contribution in [0.15, 0.2) is 51.9 Å². The molecule has 1 saturated carbocycles. The van der Waals surface area contributed by atoms with Crippen molar-refractivity contribution in [2.24, 2.45) is 5.92 Å². The van der Waals surface area contributed by atoms with Gasteiger partial charge >= 0.3 is 5.97 Å². The standard InChI is InChI=1S/C22H26O5/c23-20-13-19(15-27-22(24)12-11-17-7-3-1-4-8-17)25-16-21(20)26-14-18-9-5-2-6-10-18/h2,5-6,9-10,13,16-17H,1,3-4,7-8,11-12,14-15H2. The van der Waals surface area contributed by atoms with Crippen LogP contribution >= 0.6 is 0 Å². The molecular formula is C22H26O5. The van der Waals surface area contributed by atoms with Gasteiger partial charge in [-0.25, -0.2) is 0 Å². The van der Waals surface area contributed by atoms with E-state index in [4.69, 9.17) is 13.9 Å². The molecule has 0 aliphatic heterocycles. The molecule has 0 spiro atoms. The molecule has 1 aromatic heterocycles. The first-order valence-electron chi connectivity index (χ1n) is 9.65. The van der Waals surface area contributed by atoms with Crippen LogP contribution in [0.4, 0.5) is 0 Å². The first kappa shape index (κ1) is 19.2. The normalized spacial score (nSPS) is 14.7. The number of rotatable bonds is 8. The van der Waals surface area contributed by atoms with Gasteiger partial charge in [0.15, 0.2) is 0 Å². The predicted molar refractivity (Wildman–Crippen MR) is 101 cm³/mol. The monoisotopic (exact) mass is 370 g/mol. The van der Waals surface area contributed by atoms with E-state index in [-0.39, 0.29) is 23.8 Å². The van der Waals surface area contributed by atoms with Crippen LogP contribution in [-0.4, -0.2) is 5.97 Å². The Bertz CT molecular complexity index is 775. The number of hydrogen-bond donors (Lipinski definition) is 0. The number of ether oxygens (including phenoxy) is 2. The third kappa shape index (κ3) is 6.27. The number of hydrogen-bond acceptors (Lipinski definition) is 5. The van der Waals surface area contributed by atoms with E-state index in [1.54, 1.807) is 0 Å². The molecule has 1 fully saturated rings. The molecule has 3 rings (SSSR count). The smallest absolute Gasteiger partial charge is 0.306 e. The summed E-state index contributed by atoms with van der Waals surface area (Å²) in [5.74, 6) is 0.863. The van der Waals surface area contributed by atoms with Crippen LogP contribution in [0, 0.1) is 5.92 Å². The first-order valence-corrected chi connectivity index (χ1v) is 9.65. The van der Waals surface area contributed by atoms with Crippen molar-refractivity contribution in [3.8, 4) is 5.75 Å². The van der Waals surface area contributed by atoms with Gasteiger partial charge in [-0.3, -0.25) is 9.59 Å². The fraction of sp³-hybridized carbons (Fsp3) is 0.455. The van der Waals surface area contributed by atoms with Gasteiger partial charge in [0.25, 0.3) is 0 Å². The van der Waals surface area contributed by atoms with Gasteiger partial charge in [-0.2, -0.15) is 0 Å². The molecule has 0 N–H and O–H groups in total. The lowest BCUT2D eigenvalue weighted by Gasteiger charge is -2.20. The summed E-state index contributed by atoms with van der Waals surface area (Å²) in [7, 11) is 0. The maximum atomic E-state index is 12.1. The second kappa shape index (κ2) is 9.95. The molecule has 0 amide bonds. The van der Waals surface area contributed by atoms with Crippen LogP contribution in [0.5, 0.6) is 5.75 Å². The van der Waals surface area contributed by atoms with Crippen LogP contribution in [0.2, 0.25) is 0 Å². The lowest BCUT2D eigenvalue weighted by molar-refractivity contribution is -0.145. The lowest BCUT2D eigenvalue weighted by Crippen LogP contribution is -2.12. The SMILES string of the molecule is O=C(CCC1CCCCC1)OCc1cc(=O)c(OCc2ccccc2)co1. The zero-order valence-electron chi connectivity index (χ0n) is 15.5. The van der Waals surface area contributed by atoms with Gasteiger partial charge in [0.2, 0.25) is 11.2 Å². The summed E-state index contributed by atoms with van der Waals surface area (Å²) in [5.41, 5.74) is 0.679. The molecule has 144 valence electrons. The molecule has 2 aromatic rings. The summed E-state index contributed by atoms with van der Waals surface area (Å²) >= 11 is 0. The van der Waals surface area contributed by atoms with Gasteiger partial charge in [0, 0.05) is 12.5 Å². The van der Waals surface area contributed by atoms with Crippen molar-refractivity contribution in [3.05, 3.63) is 64.2 Å². The van der Waals surface area contributed by atoms with E-state index >= 15 is 0 Å². The third-order valence-corrected chi connectivity index (χ3v) is 4.95. The first-order chi connectivity index (χ1) is 13.2. The average Bonchev–Trinajstić information content (AvgIpc) is 2.71. The third-order valence-electron chi connectivity index (χ3n) is 4.95. The quantitative estimate of drug-likeness (QED) is 0.634. The molecule has 27 heavy (non-hydrogen) atoms. The maximum Gasteiger partial charge on any atom is 0.306 e. The van der Waals surface area contributed by atoms with E-state index in [0.29, 0.717) is 24.7 Å². The Hall–Kier alpha value is -2.56. The molecule has 1 aliphatic carbocycles. The zero-order chi connectivity index (χ0) is 18.9. The van der Waals surface area contributed by atoms with Crippen LogP contribution < -0.4 is 10.2 Å². The Balaban J connectivity index is 1.43. The van der Waals surface area contributed by atoms with Gasteiger partial charge in [0.1, 0.15) is 25.2 Å². The fourth-order valence-corrected chi connectivity index (χ4v) is 3.38. The minimum Gasteiger partial charge on any atom is -0.482 e. The van der Waals surface area contributed by atoms with Crippen molar-refractivity contribution in [2.75, 3.05) is 0 Å². The van der Waals surface area contributed by atoms with Crippen molar-refractivity contribution in [3.63, 3.8) is 0 Å². The molecule has 5 nitrogen and oxygen atoms in total. The molecule has 0 radical (unpaired) electrons. The number of esters is 1. The second-order valence-corrected chi connectivity index (χ2v) is 7.05. The van der Waals surface area contributed by atoms with E-state index in [9.17, 15) is 9.59 Å². The van der Waals surface area contributed by atoms with Gasteiger partial charge < -0.3 is 13.9 Å². The van der Waals surface area contributed by atoms with Crippen molar-refractivity contribution < 1.29 is 18.7 Å². The fourth-order valence-electron chi connectivity index (χ4n) is 3.38. The van der Waals surface area contributed by atoms with Crippen molar-refractivity contribution in [1.29, 1.82) is 0 Å². The summed E-state index contributed by atoms with van der Waals surface area (Å²) in [6, 6.07) is 10.9. The molecule has 0 unspecified atom stereocenters. The molecule has 0 saturated heterocycles. The van der Waals surface area contributed by atoms with Gasteiger partial charge in [-0.1, -0.05) is 62.4 Å². The Labute approximate surface area is 159 Å². The lowest BCUT2D eigenvalue weighted by atomic mass is 9.86. The molecular weight excluding hydrogens is 344 g/mol. The van der Waals surface area contributed by atoms with Crippen LogP contribution in [0.3, 0.4) is 0 Å². The van der Waals surface area contributed by atoms with Crippen molar-refractivity contribution in [2.45, 2.75) is 58.2 Å². The van der Waals surface area contributed by atoms with E-state index in [1.165, 1.54) is 44.4 Å². The molecule has 1 heterocycles. The van der Waals surface area contributed by atoms with Gasteiger partial charge in [0.05, 0.1) is 0 Å². The van der Waals surface area contributed by atoms with Crippen LogP contribution in [0.25, 0.3) is 0 Å². The van der Waals surface area contributed by atoms with E-state index < -0.39 is 0 Å². The molecule has 1 aromatic carbocycles. The van der Waals surface area contributed by atoms with E-state index in [1.807, 2.05) is 30.3 Å². The number of benzene rings is 1. The predicted octanol–water partition coefficient (Wildman–Crippen LogP) is 4.62.